The number of fused-ring (bicyclic) bond motifs is 1. The molecule has 23 heavy (non-hydrogen) atoms. The number of nitrogens with zero attached hydrogens (tertiary/aromatic N) is 3. The van der Waals surface area contributed by atoms with Crippen LogP contribution >= 0.6 is 34.7 Å². The quantitative estimate of drug-likeness (QED) is 0.727. The average molecular weight is 361 g/mol. The Morgan fingerprint density at radius 1 is 1.30 bits per heavy atom. The van der Waals surface area contributed by atoms with Crippen LogP contribution in [0.25, 0.3) is 11.0 Å². The summed E-state index contributed by atoms with van der Waals surface area (Å²) in [5.41, 5.74) is 1.51. The minimum Gasteiger partial charge on any atom is -0.300 e. The molecule has 0 unspecified atom stereocenters. The first-order chi connectivity index (χ1) is 11.2. The summed E-state index contributed by atoms with van der Waals surface area (Å²) in [6.07, 6.45) is 3.73. The molecule has 0 saturated carbocycles. The van der Waals surface area contributed by atoms with Crippen molar-refractivity contribution < 1.29 is 4.79 Å². The first-order valence-corrected chi connectivity index (χ1v) is 8.74. The van der Waals surface area contributed by atoms with E-state index in [4.69, 9.17) is 11.6 Å². The largest absolute Gasteiger partial charge is 0.300 e. The predicted molar refractivity (Wildman–Crippen MR) is 95.7 cm³/mol. The predicted octanol–water partition coefficient (Wildman–Crippen LogP) is 4.58. The molecule has 4 rings (SSSR count). The van der Waals surface area contributed by atoms with Gasteiger partial charge < -0.3 is 5.32 Å². The fraction of sp³-hybridized carbons (Fsp3) is 0. The number of benzene rings is 1. The molecule has 0 bridgehead atoms. The molecule has 0 atom stereocenters. The Morgan fingerprint density at radius 2 is 2.13 bits per heavy atom. The van der Waals surface area contributed by atoms with Crippen molar-refractivity contribution in [1.29, 1.82) is 0 Å². The zero-order valence-electron chi connectivity index (χ0n) is 11.6. The van der Waals surface area contributed by atoms with Crippen LogP contribution in [-0.4, -0.2) is 20.5 Å². The minimum atomic E-state index is -0.159. The van der Waals surface area contributed by atoms with Crippen molar-refractivity contribution in [2.45, 2.75) is 0 Å². The molecule has 0 spiro atoms. The molecule has 3 heterocycles. The summed E-state index contributed by atoms with van der Waals surface area (Å²) >= 11 is 8.81. The Hall–Kier alpha value is -2.09. The molecule has 5 nitrogen and oxygen atoms in total. The van der Waals surface area contributed by atoms with Crippen LogP contribution in [0.3, 0.4) is 0 Å². The second-order valence-corrected chi connectivity index (χ2v) is 6.91. The fourth-order valence-electron chi connectivity index (χ4n) is 2.17. The molecule has 1 fully saturated rings. The molecule has 1 aliphatic heterocycles. The van der Waals surface area contributed by atoms with Crippen molar-refractivity contribution in [1.82, 2.24) is 14.7 Å². The fourth-order valence-corrected chi connectivity index (χ4v) is 3.88. The molecular formula is C15H9ClN4OS2. The van der Waals surface area contributed by atoms with Gasteiger partial charge in [-0.05, 0) is 30.0 Å². The van der Waals surface area contributed by atoms with Crippen molar-refractivity contribution in [2.75, 3.05) is 0 Å². The summed E-state index contributed by atoms with van der Waals surface area (Å²) in [5, 5.41) is 4.94. The molecular weight excluding hydrogens is 352 g/mol. The van der Waals surface area contributed by atoms with E-state index in [1.807, 2.05) is 52.4 Å². The third-order valence-corrected chi connectivity index (χ3v) is 5.03. The van der Waals surface area contributed by atoms with E-state index >= 15 is 0 Å². The number of carbonyl (C=O) groups excluding carboxylic acids is 1. The normalized spacial score (nSPS) is 18.2. The monoisotopic (exact) mass is 360 g/mol. The maximum absolute atomic E-state index is 11.8. The van der Waals surface area contributed by atoms with E-state index in [2.05, 4.69) is 15.3 Å². The van der Waals surface area contributed by atoms with Crippen LogP contribution in [0, 0.1) is 0 Å². The number of amidine groups is 1. The van der Waals surface area contributed by atoms with Crippen LogP contribution in [0.15, 0.2) is 51.8 Å². The number of thioether (sulfide) groups is 1. The first kappa shape index (κ1) is 14.5. The number of halogens is 1. The van der Waals surface area contributed by atoms with Gasteiger partial charge in [0.2, 0.25) is 0 Å². The Labute approximate surface area is 144 Å². The molecule has 8 heteroatoms. The summed E-state index contributed by atoms with van der Waals surface area (Å²) < 4.78 is 1.89. The average Bonchev–Trinajstić information content (AvgIpc) is 3.19. The topological polar surface area (TPSA) is 58.8 Å². The van der Waals surface area contributed by atoms with E-state index in [0.29, 0.717) is 15.9 Å². The number of hydrogen-bond donors (Lipinski definition) is 1. The van der Waals surface area contributed by atoms with Gasteiger partial charge in [0.1, 0.15) is 5.84 Å². The van der Waals surface area contributed by atoms with Gasteiger partial charge in [-0.3, -0.25) is 9.20 Å². The molecule has 114 valence electrons. The smallest absolute Gasteiger partial charge is 0.289 e. The van der Waals surface area contributed by atoms with Gasteiger partial charge in [-0.25, -0.2) is 9.98 Å². The Morgan fingerprint density at radius 3 is 2.96 bits per heavy atom. The van der Waals surface area contributed by atoms with E-state index in [9.17, 15) is 4.79 Å². The van der Waals surface area contributed by atoms with E-state index in [1.165, 1.54) is 11.3 Å². The highest BCUT2D eigenvalue weighted by Crippen LogP contribution is 2.31. The van der Waals surface area contributed by atoms with Gasteiger partial charge >= 0.3 is 0 Å². The standard InChI is InChI=1S/C15H9ClN4OS2/c16-12-10(20-6-7-22-14(20)18-12)8-11-13(19-15(21)23-11)17-9-4-2-1-3-5-9/h1-8H,(H,17,19,21)/b11-8-. The summed E-state index contributed by atoms with van der Waals surface area (Å²) in [7, 11) is 0. The number of thiazole rings is 1. The zero-order chi connectivity index (χ0) is 15.8. The van der Waals surface area contributed by atoms with E-state index in [1.54, 1.807) is 0 Å². The third-order valence-electron chi connectivity index (χ3n) is 3.18. The molecule has 1 saturated heterocycles. The SMILES string of the molecule is O=C1NC(=Nc2ccccc2)/C(=C/c2c(Cl)nc3sccn23)S1. The number of amides is 1. The van der Waals surface area contributed by atoms with Gasteiger partial charge in [0.25, 0.3) is 5.24 Å². The van der Waals surface area contributed by atoms with Crippen LogP contribution in [0.5, 0.6) is 0 Å². The van der Waals surface area contributed by atoms with Crippen LogP contribution in [0.2, 0.25) is 5.15 Å². The van der Waals surface area contributed by atoms with Gasteiger partial charge in [-0.1, -0.05) is 29.8 Å². The highest BCUT2D eigenvalue weighted by atomic mass is 35.5. The molecule has 3 aromatic rings. The van der Waals surface area contributed by atoms with E-state index < -0.39 is 0 Å². The lowest BCUT2D eigenvalue weighted by atomic mass is 10.3. The third kappa shape index (κ3) is 2.78. The van der Waals surface area contributed by atoms with Gasteiger partial charge in [-0.2, -0.15) is 0 Å². The van der Waals surface area contributed by atoms with Gasteiger partial charge in [-0.15, -0.1) is 11.3 Å². The molecule has 1 aromatic carbocycles. The van der Waals surface area contributed by atoms with Gasteiger partial charge in [0.15, 0.2) is 10.1 Å². The number of rotatable bonds is 2. The summed E-state index contributed by atoms with van der Waals surface area (Å²) in [6.45, 7) is 0. The van der Waals surface area contributed by atoms with E-state index in [0.717, 1.165) is 28.1 Å². The number of nitrogens with one attached hydrogen (secondary N) is 1. The van der Waals surface area contributed by atoms with Crippen molar-refractivity contribution >= 4 is 62.5 Å². The van der Waals surface area contributed by atoms with Crippen molar-refractivity contribution in [3.05, 3.63) is 57.7 Å². The lowest BCUT2D eigenvalue weighted by Gasteiger charge is -1.99. The van der Waals surface area contributed by atoms with Crippen molar-refractivity contribution in [3.8, 4) is 0 Å². The Kier molecular flexibility index (Phi) is 3.68. The zero-order valence-corrected chi connectivity index (χ0v) is 14.0. The number of hydrogen-bond acceptors (Lipinski definition) is 5. The van der Waals surface area contributed by atoms with E-state index in [-0.39, 0.29) is 5.24 Å². The number of imidazole rings is 1. The summed E-state index contributed by atoms with van der Waals surface area (Å²) in [5.74, 6) is 0.521. The Balaban J connectivity index is 1.79. The highest BCUT2D eigenvalue weighted by molar-refractivity contribution is 8.18. The number of aliphatic imine (C=N–C) groups is 1. The molecule has 1 aliphatic rings. The van der Waals surface area contributed by atoms with Gasteiger partial charge in [0, 0.05) is 11.6 Å². The van der Waals surface area contributed by atoms with Crippen LogP contribution in [-0.2, 0) is 0 Å². The second kappa shape index (κ2) is 5.84. The molecule has 0 radical (unpaired) electrons. The molecule has 1 N–H and O–H groups in total. The Bertz CT molecular complexity index is 958. The molecule has 2 aromatic heterocycles. The van der Waals surface area contributed by atoms with Crippen molar-refractivity contribution in [2.24, 2.45) is 4.99 Å². The van der Waals surface area contributed by atoms with Crippen molar-refractivity contribution in [3.63, 3.8) is 0 Å². The second-order valence-electron chi connectivity index (χ2n) is 4.66. The first-order valence-electron chi connectivity index (χ1n) is 6.66. The van der Waals surface area contributed by atoms with Crippen LogP contribution in [0.1, 0.15) is 5.69 Å². The number of para-hydroxylation sites is 1. The van der Waals surface area contributed by atoms with Crippen LogP contribution in [0.4, 0.5) is 10.5 Å². The molecule has 1 amide bonds. The lowest BCUT2D eigenvalue weighted by Crippen LogP contribution is -2.18. The van der Waals surface area contributed by atoms with Crippen LogP contribution < -0.4 is 5.32 Å². The maximum atomic E-state index is 11.8. The number of carbonyl (C=O) groups is 1. The maximum Gasteiger partial charge on any atom is 0.289 e. The highest BCUT2D eigenvalue weighted by Gasteiger charge is 2.24. The summed E-state index contributed by atoms with van der Waals surface area (Å²) in [4.78, 5) is 22.1. The minimum absolute atomic E-state index is 0.159. The lowest BCUT2D eigenvalue weighted by molar-refractivity contribution is 0.265. The molecule has 0 aliphatic carbocycles. The summed E-state index contributed by atoms with van der Waals surface area (Å²) in [6, 6.07) is 9.47. The number of aromatic nitrogens is 2. The van der Waals surface area contributed by atoms with Gasteiger partial charge in [0.05, 0.1) is 16.3 Å².